The summed E-state index contributed by atoms with van der Waals surface area (Å²) in [6.45, 7) is 4.34. The minimum Gasteiger partial charge on any atom is -0.348 e. The van der Waals surface area contributed by atoms with Crippen LogP contribution in [0.25, 0.3) is 10.9 Å². The lowest BCUT2D eigenvalue weighted by atomic mass is 10.0. The first-order valence-corrected chi connectivity index (χ1v) is 7.81. The second-order valence-corrected chi connectivity index (χ2v) is 6.08. The Labute approximate surface area is 140 Å². The van der Waals surface area contributed by atoms with Crippen LogP contribution in [0.1, 0.15) is 27.2 Å². The van der Waals surface area contributed by atoms with Crippen molar-refractivity contribution in [1.82, 2.24) is 10.3 Å². The highest BCUT2D eigenvalue weighted by atomic mass is 35.5. The van der Waals surface area contributed by atoms with E-state index >= 15 is 0 Å². The lowest BCUT2D eigenvalue weighted by Gasteiger charge is -2.10. The molecule has 0 aliphatic heterocycles. The van der Waals surface area contributed by atoms with Gasteiger partial charge in [-0.25, -0.2) is 0 Å². The third-order valence-electron chi connectivity index (χ3n) is 3.68. The summed E-state index contributed by atoms with van der Waals surface area (Å²) in [6.07, 6.45) is 0. The van der Waals surface area contributed by atoms with Crippen molar-refractivity contribution in [2.45, 2.75) is 20.4 Å². The molecule has 0 aliphatic carbocycles. The van der Waals surface area contributed by atoms with Crippen LogP contribution in [0.15, 0.2) is 48.5 Å². The fourth-order valence-corrected chi connectivity index (χ4v) is 2.80. The van der Waals surface area contributed by atoms with Crippen molar-refractivity contribution in [3.63, 3.8) is 0 Å². The van der Waals surface area contributed by atoms with E-state index in [1.165, 1.54) is 0 Å². The Morgan fingerprint density at radius 3 is 2.74 bits per heavy atom. The van der Waals surface area contributed by atoms with Gasteiger partial charge in [0.25, 0.3) is 5.91 Å². The number of nitrogens with zero attached hydrogens (tertiary/aromatic N) is 1. The van der Waals surface area contributed by atoms with Crippen LogP contribution in [-0.4, -0.2) is 10.9 Å². The molecule has 23 heavy (non-hydrogen) atoms. The Morgan fingerprint density at radius 2 is 1.96 bits per heavy atom. The molecule has 3 aromatic rings. The van der Waals surface area contributed by atoms with E-state index in [-0.39, 0.29) is 5.91 Å². The molecular weight excluding hydrogens is 308 g/mol. The third-order valence-corrected chi connectivity index (χ3v) is 3.91. The smallest absolute Gasteiger partial charge is 0.252 e. The minimum atomic E-state index is -0.105. The summed E-state index contributed by atoms with van der Waals surface area (Å²) in [5.74, 6) is -0.105. The van der Waals surface area contributed by atoms with E-state index in [9.17, 15) is 4.79 Å². The van der Waals surface area contributed by atoms with Gasteiger partial charge in [-0.15, -0.1) is 0 Å². The molecule has 1 amide bonds. The van der Waals surface area contributed by atoms with E-state index in [1.54, 1.807) is 0 Å². The number of hydrogen-bond acceptors (Lipinski definition) is 2. The molecule has 0 fully saturated rings. The first kappa shape index (κ1) is 15.5. The summed E-state index contributed by atoms with van der Waals surface area (Å²) >= 11 is 5.97. The summed E-state index contributed by atoms with van der Waals surface area (Å²) in [5, 5.41) is 4.49. The summed E-state index contributed by atoms with van der Waals surface area (Å²) in [5.41, 5.74) is 4.39. The normalized spacial score (nSPS) is 10.7. The molecule has 0 radical (unpaired) electrons. The van der Waals surface area contributed by atoms with Gasteiger partial charge >= 0.3 is 0 Å². The van der Waals surface area contributed by atoms with Crippen LogP contribution in [-0.2, 0) is 6.54 Å². The molecule has 0 bridgehead atoms. The Bertz CT molecular complexity index is 890. The maximum atomic E-state index is 12.6. The molecule has 0 saturated carbocycles. The molecule has 0 saturated heterocycles. The zero-order valence-electron chi connectivity index (χ0n) is 13.1. The van der Waals surface area contributed by atoms with Gasteiger partial charge in [0.2, 0.25) is 0 Å². The molecule has 116 valence electrons. The number of amides is 1. The average Bonchev–Trinajstić information content (AvgIpc) is 2.52. The molecule has 0 unspecified atom stereocenters. The number of carbonyl (C=O) groups is 1. The number of rotatable bonds is 3. The molecule has 2 aromatic carbocycles. The molecule has 0 aliphatic rings. The van der Waals surface area contributed by atoms with E-state index in [2.05, 4.69) is 10.3 Å². The second-order valence-electron chi connectivity index (χ2n) is 5.64. The highest BCUT2D eigenvalue weighted by molar-refractivity contribution is 6.30. The molecule has 0 atom stereocenters. The van der Waals surface area contributed by atoms with Crippen LogP contribution in [0.2, 0.25) is 5.02 Å². The number of pyridine rings is 1. The number of hydrogen-bond donors (Lipinski definition) is 1. The molecule has 3 nitrogen and oxygen atoms in total. The summed E-state index contributed by atoms with van der Waals surface area (Å²) in [7, 11) is 0. The highest BCUT2D eigenvalue weighted by Gasteiger charge is 2.12. The number of carbonyl (C=O) groups excluding carboxylic acids is 1. The van der Waals surface area contributed by atoms with Crippen molar-refractivity contribution >= 4 is 28.4 Å². The number of halogens is 1. The van der Waals surface area contributed by atoms with Gasteiger partial charge in [0, 0.05) is 22.6 Å². The number of aromatic nitrogens is 1. The first-order valence-electron chi connectivity index (χ1n) is 7.43. The van der Waals surface area contributed by atoms with Crippen molar-refractivity contribution < 1.29 is 4.79 Å². The van der Waals surface area contributed by atoms with Crippen LogP contribution in [0.4, 0.5) is 0 Å². The fraction of sp³-hybridized carbons (Fsp3) is 0.158. The Hall–Kier alpha value is -2.39. The zero-order valence-corrected chi connectivity index (χ0v) is 13.8. The van der Waals surface area contributed by atoms with Gasteiger partial charge in [0.1, 0.15) is 0 Å². The lowest BCUT2D eigenvalue weighted by molar-refractivity contribution is 0.0952. The predicted molar refractivity (Wildman–Crippen MR) is 93.8 cm³/mol. The van der Waals surface area contributed by atoms with Crippen molar-refractivity contribution in [1.29, 1.82) is 0 Å². The van der Waals surface area contributed by atoms with Crippen molar-refractivity contribution in [2.24, 2.45) is 0 Å². The summed E-state index contributed by atoms with van der Waals surface area (Å²) < 4.78 is 0. The van der Waals surface area contributed by atoms with Gasteiger partial charge < -0.3 is 5.32 Å². The topological polar surface area (TPSA) is 42.0 Å². The standard InChI is InChI=1S/C19H17ClN2O/c1-12-6-7-18-16(8-12)17(9-13(2)22-18)19(23)21-11-14-4-3-5-15(20)10-14/h3-10H,11H2,1-2H3,(H,21,23). The molecule has 1 N–H and O–H groups in total. The second kappa shape index (κ2) is 6.39. The Morgan fingerprint density at radius 1 is 1.13 bits per heavy atom. The third kappa shape index (κ3) is 3.51. The van der Waals surface area contributed by atoms with Crippen LogP contribution >= 0.6 is 11.6 Å². The van der Waals surface area contributed by atoms with E-state index in [1.807, 2.05) is 62.4 Å². The number of aryl methyl sites for hydroxylation is 2. The average molecular weight is 325 g/mol. The molecule has 1 heterocycles. The highest BCUT2D eigenvalue weighted by Crippen LogP contribution is 2.20. The van der Waals surface area contributed by atoms with Crippen LogP contribution in [0.3, 0.4) is 0 Å². The van der Waals surface area contributed by atoms with E-state index < -0.39 is 0 Å². The molecule has 1 aromatic heterocycles. The monoisotopic (exact) mass is 324 g/mol. The van der Waals surface area contributed by atoms with E-state index in [0.29, 0.717) is 17.1 Å². The van der Waals surface area contributed by atoms with E-state index in [4.69, 9.17) is 11.6 Å². The van der Waals surface area contributed by atoms with E-state index in [0.717, 1.165) is 27.7 Å². The van der Waals surface area contributed by atoms with Crippen molar-refractivity contribution in [2.75, 3.05) is 0 Å². The maximum Gasteiger partial charge on any atom is 0.252 e. The van der Waals surface area contributed by atoms with Crippen LogP contribution < -0.4 is 5.32 Å². The minimum absolute atomic E-state index is 0.105. The van der Waals surface area contributed by atoms with Gasteiger partial charge in [0.15, 0.2) is 0 Å². The van der Waals surface area contributed by atoms with Crippen molar-refractivity contribution in [3.8, 4) is 0 Å². The quantitative estimate of drug-likeness (QED) is 0.774. The molecule has 4 heteroatoms. The molecular formula is C19H17ClN2O. The number of benzene rings is 2. The van der Waals surface area contributed by atoms with Crippen molar-refractivity contribution in [3.05, 3.63) is 75.9 Å². The van der Waals surface area contributed by atoms with Gasteiger partial charge in [-0.1, -0.05) is 35.4 Å². The lowest BCUT2D eigenvalue weighted by Crippen LogP contribution is -2.23. The zero-order chi connectivity index (χ0) is 16.4. The summed E-state index contributed by atoms with van der Waals surface area (Å²) in [4.78, 5) is 17.1. The SMILES string of the molecule is Cc1ccc2nc(C)cc(C(=O)NCc3cccc(Cl)c3)c2c1. The Balaban J connectivity index is 1.90. The first-order chi connectivity index (χ1) is 11.0. The molecule has 3 rings (SSSR count). The van der Waals surface area contributed by atoms with Gasteiger partial charge in [-0.2, -0.15) is 0 Å². The maximum absolute atomic E-state index is 12.6. The number of nitrogens with one attached hydrogen (secondary N) is 1. The number of fused-ring (bicyclic) bond motifs is 1. The Kier molecular flexibility index (Phi) is 4.30. The predicted octanol–water partition coefficient (Wildman–Crippen LogP) is 4.44. The molecule has 0 spiro atoms. The van der Waals surface area contributed by atoms with Gasteiger partial charge in [0.05, 0.1) is 11.1 Å². The van der Waals surface area contributed by atoms with Gasteiger partial charge in [-0.05, 0) is 49.7 Å². The summed E-state index contributed by atoms with van der Waals surface area (Å²) in [6, 6.07) is 15.3. The van der Waals surface area contributed by atoms with Crippen LogP contribution in [0.5, 0.6) is 0 Å². The van der Waals surface area contributed by atoms with Crippen LogP contribution in [0, 0.1) is 13.8 Å². The van der Waals surface area contributed by atoms with Gasteiger partial charge in [-0.3, -0.25) is 9.78 Å². The fourth-order valence-electron chi connectivity index (χ4n) is 2.58. The largest absolute Gasteiger partial charge is 0.348 e.